The predicted molar refractivity (Wildman–Crippen MR) is 196 cm³/mol. The second-order valence-electron chi connectivity index (χ2n) is 14.3. The Hall–Kier alpha value is -4.27. The summed E-state index contributed by atoms with van der Waals surface area (Å²) in [7, 11) is 3.63. The number of likely N-dealkylation sites (tertiary alicyclic amines) is 2. The van der Waals surface area contributed by atoms with Crippen LogP contribution in [-0.2, 0) is 27.2 Å². The highest BCUT2D eigenvalue weighted by Crippen LogP contribution is 2.25. The summed E-state index contributed by atoms with van der Waals surface area (Å²) in [6, 6.07) is 11.7. The van der Waals surface area contributed by atoms with E-state index in [1.54, 1.807) is 15.3 Å². The molecular formula is C35H49B2N7O7. The maximum atomic E-state index is 14.1. The van der Waals surface area contributed by atoms with Crippen LogP contribution < -0.4 is 21.7 Å². The summed E-state index contributed by atoms with van der Waals surface area (Å²) in [5, 5.41) is 22.2. The molecule has 0 aromatic heterocycles. The number of anilines is 1. The number of hydrogen-bond donors (Lipinski definition) is 4. The maximum Gasteiger partial charge on any atom is 0.410 e. The van der Waals surface area contributed by atoms with Crippen LogP contribution in [0.3, 0.4) is 0 Å². The van der Waals surface area contributed by atoms with Crippen molar-refractivity contribution < 1.29 is 34.2 Å². The zero-order valence-corrected chi connectivity index (χ0v) is 29.7. The average molecular weight is 701 g/mol. The number of phenols is 1. The highest BCUT2D eigenvalue weighted by Gasteiger charge is 2.36. The van der Waals surface area contributed by atoms with Gasteiger partial charge in [-0.2, -0.15) is 0 Å². The molecule has 4 heterocycles. The summed E-state index contributed by atoms with van der Waals surface area (Å²) in [6.07, 6.45) is 2.42. The molecule has 51 heavy (non-hydrogen) atoms. The minimum atomic E-state index is -1.03. The number of rotatable bonds is 8. The van der Waals surface area contributed by atoms with Gasteiger partial charge < -0.3 is 29.9 Å². The Balaban J connectivity index is 1.06. The number of urea groups is 1. The Morgan fingerprint density at radius 1 is 0.882 bits per heavy atom. The van der Waals surface area contributed by atoms with Crippen LogP contribution in [0.25, 0.3) is 0 Å². The summed E-state index contributed by atoms with van der Waals surface area (Å²) in [5.41, 5.74) is 5.85. The fraction of sp³-hybridized carbons (Fsp3) is 0.543. The van der Waals surface area contributed by atoms with E-state index in [2.05, 4.69) is 10.2 Å². The number of nitrogens with zero attached hydrogens (tertiary/aromatic N) is 5. The molecule has 3 saturated heterocycles. The van der Waals surface area contributed by atoms with Crippen molar-refractivity contribution in [2.75, 3.05) is 70.8 Å². The monoisotopic (exact) mass is 701 g/mol. The molecule has 14 nitrogen and oxygen atoms in total. The zero-order valence-electron chi connectivity index (χ0n) is 29.7. The Morgan fingerprint density at radius 2 is 1.53 bits per heavy atom. The number of benzene rings is 2. The molecule has 3 fully saturated rings. The van der Waals surface area contributed by atoms with Gasteiger partial charge in [0.1, 0.15) is 21.4 Å². The Bertz CT molecular complexity index is 1570. The van der Waals surface area contributed by atoms with Crippen LogP contribution in [0.15, 0.2) is 36.4 Å². The number of carbonyl (C=O) groups excluding carboxylic acids is 4. The van der Waals surface area contributed by atoms with Gasteiger partial charge in [-0.1, -0.05) is 30.3 Å². The van der Waals surface area contributed by atoms with E-state index in [0.717, 1.165) is 49.2 Å². The molecule has 6 rings (SSSR count). The second kappa shape index (κ2) is 16.4. The SMILES string of the molecule is Bc1cc(C[C@@H](OC(=O)N2CCC(N3CCc4ccccc4NC3=O)CC2)C(=O)N2CCN(C3CCN(CC(=O)NO)CC3)CC2)cc(B)c1O. The molecule has 0 saturated carbocycles. The third kappa shape index (κ3) is 8.79. The van der Waals surface area contributed by atoms with E-state index in [4.69, 9.17) is 9.94 Å². The molecule has 4 aliphatic heterocycles. The summed E-state index contributed by atoms with van der Waals surface area (Å²) in [4.78, 5) is 62.1. The summed E-state index contributed by atoms with van der Waals surface area (Å²) in [6.45, 7) is 5.57. The maximum absolute atomic E-state index is 14.1. The fourth-order valence-electron chi connectivity index (χ4n) is 8.04. The van der Waals surface area contributed by atoms with Crippen molar-refractivity contribution in [3.05, 3.63) is 47.5 Å². The molecule has 0 aliphatic carbocycles. The van der Waals surface area contributed by atoms with Crippen molar-refractivity contribution in [1.82, 2.24) is 30.0 Å². The van der Waals surface area contributed by atoms with E-state index >= 15 is 0 Å². The van der Waals surface area contributed by atoms with E-state index < -0.39 is 18.1 Å². The Kier molecular flexibility index (Phi) is 11.7. The van der Waals surface area contributed by atoms with Crippen molar-refractivity contribution in [2.24, 2.45) is 0 Å². The number of piperazine rings is 1. The van der Waals surface area contributed by atoms with Crippen molar-refractivity contribution in [2.45, 2.75) is 56.7 Å². The lowest BCUT2D eigenvalue weighted by Crippen LogP contribution is -2.57. The van der Waals surface area contributed by atoms with Gasteiger partial charge in [0.25, 0.3) is 11.8 Å². The number of amides is 5. The highest BCUT2D eigenvalue weighted by atomic mass is 16.6. The van der Waals surface area contributed by atoms with Crippen LogP contribution in [0.4, 0.5) is 15.3 Å². The number of fused-ring (bicyclic) bond motifs is 1. The average Bonchev–Trinajstić information content (AvgIpc) is 3.31. The van der Waals surface area contributed by atoms with Gasteiger partial charge in [0.15, 0.2) is 6.10 Å². The number of carbonyl (C=O) groups is 4. The number of piperidine rings is 2. The molecule has 0 bridgehead atoms. The summed E-state index contributed by atoms with van der Waals surface area (Å²) >= 11 is 0. The number of nitrogens with one attached hydrogen (secondary N) is 2. The highest BCUT2D eigenvalue weighted by molar-refractivity contribution is 6.41. The third-order valence-corrected chi connectivity index (χ3v) is 11.0. The molecule has 16 heteroatoms. The molecule has 2 aromatic carbocycles. The van der Waals surface area contributed by atoms with Gasteiger partial charge in [0, 0.05) is 83.1 Å². The Morgan fingerprint density at radius 3 is 2.20 bits per heavy atom. The molecule has 0 spiro atoms. The molecule has 0 radical (unpaired) electrons. The van der Waals surface area contributed by atoms with E-state index in [0.29, 0.717) is 75.6 Å². The van der Waals surface area contributed by atoms with Crippen LogP contribution in [0.5, 0.6) is 5.75 Å². The quantitative estimate of drug-likeness (QED) is 0.148. The minimum absolute atomic E-state index is 0.00712. The lowest BCUT2D eigenvalue weighted by atomic mass is 9.83. The van der Waals surface area contributed by atoms with Crippen molar-refractivity contribution in [3.63, 3.8) is 0 Å². The summed E-state index contributed by atoms with van der Waals surface area (Å²) < 4.78 is 6.05. The van der Waals surface area contributed by atoms with Crippen LogP contribution in [0, 0.1) is 0 Å². The fourth-order valence-corrected chi connectivity index (χ4v) is 8.04. The topological polar surface area (TPSA) is 158 Å². The lowest BCUT2D eigenvalue weighted by Gasteiger charge is -2.43. The molecule has 272 valence electrons. The summed E-state index contributed by atoms with van der Waals surface area (Å²) in [5.74, 6) is -0.430. The molecule has 1 atom stereocenters. The number of phenolic OH excluding ortho intramolecular Hbond substituents is 1. The molecule has 0 unspecified atom stereocenters. The van der Waals surface area contributed by atoms with Gasteiger partial charge >= 0.3 is 12.1 Å². The number of hydroxylamine groups is 1. The van der Waals surface area contributed by atoms with Gasteiger partial charge in [-0.3, -0.25) is 24.6 Å². The van der Waals surface area contributed by atoms with Crippen LogP contribution >= 0.6 is 0 Å². The van der Waals surface area contributed by atoms with Gasteiger partial charge in [-0.25, -0.2) is 15.1 Å². The van der Waals surface area contributed by atoms with Gasteiger partial charge in [-0.15, -0.1) is 0 Å². The normalized spacial score (nSPS) is 20.3. The van der Waals surface area contributed by atoms with Crippen molar-refractivity contribution in [1.29, 1.82) is 0 Å². The molecule has 2 aromatic rings. The van der Waals surface area contributed by atoms with Crippen LogP contribution in [0.1, 0.15) is 36.8 Å². The Labute approximate surface area is 300 Å². The van der Waals surface area contributed by atoms with E-state index in [1.165, 1.54) is 0 Å². The third-order valence-electron chi connectivity index (χ3n) is 11.0. The number of para-hydroxylation sites is 1. The van der Waals surface area contributed by atoms with Crippen molar-refractivity contribution in [3.8, 4) is 5.75 Å². The number of aromatic hydroxyl groups is 1. The zero-order chi connectivity index (χ0) is 36.1. The first-order valence-corrected chi connectivity index (χ1v) is 18.2. The van der Waals surface area contributed by atoms with Crippen LogP contribution in [0.2, 0.25) is 0 Å². The van der Waals surface area contributed by atoms with E-state index in [-0.39, 0.29) is 36.7 Å². The molecule has 4 N–H and O–H groups in total. The first kappa shape index (κ1) is 36.5. The first-order chi connectivity index (χ1) is 24.6. The molecule has 5 amide bonds. The smallest absolute Gasteiger partial charge is 0.410 e. The first-order valence-electron chi connectivity index (χ1n) is 18.2. The standard InChI is InChI=1S/C35H49B2N7O7/c36-27-19-23(20-28(37)32(27)46)21-30(33(47)42-17-15-41(16-18-42)25-6-10-40(11-7-25)22-31(45)39-50)51-35(49)43-12-8-26(9-13-43)44-14-5-24-3-1-2-4-29(24)38-34(44)48/h1-4,19-20,25-26,30,46,50H,5-18,21-22,36-37H2,(H,38,48)(H,39,45)/t30-/m1/s1. The molecular weight excluding hydrogens is 652 g/mol. The number of ether oxygens (including phenoxy) is 1. The van der Waals surface area contributed by atoms with E-state index in [1.807, 2.05) is 61.9 Å². The predicted octanol–water partition coefficient (Wildman–Crippen LogP) is -1.37. The minimum Gasteiger partial charge on any atom is -0.509 e. The van der Waals surface area contributed by atoms with Gasteiger partial charge in [-0.05, 0) is 60.2 Å². The van der Waals surface area contributed by atoms with Crippen molar-refractivity contribution >= 4 is 56.2 Å². The van der Waals surface area contributed by atoms with Gasteiger partial charge in [0.2, 0.25) is 0 Å². The molecule has 4 aliphatic rings. The van der Waals surface area contributed by atoms with Gasteiger partial charge in [0.05, 0.1) is 6.54 Å². The number of hydrogen-bond acceptors (Lipinski definition) is 9. The largest absolute Gasteiger partial charge is 0.509 e. The van der Waals surface area contributed by atoms with E-state index in [9.17, 15) is 24.3 Å². The van der Waals surface area contributed by atoms with Crippen LogP contribution in [-0.4, -0.2) is 158 Å². The lowest BCUT2D eigenvalue weighted by molar-refractivity contribution is -0.143. The second-order valence-corrected chi connectivity index (χ2v) is 14.3.